The molecule has 0 aliphatic carbocycles. The molecule has 11 heteroatoms. The lowest BCUT2D eigenvalue weighted by molar-refractivity contribution is -0.274. The van der Waals surface area contributed by atoms with Crippen LogP contribution in [0.1, 0.15) is 24.0 Å². The highest BCUT2D eigenvalue weighted by atomic mass is 19.4. The van der Waals surface area contributed by atoms with Crippen LogP contribution in [0.4, 0.5) is 22.0 Å². The summed E-state index contributed by atoms with van der Waals surface area (Å²) in [5.41, 5.74) is -1.26. The molecular weight excluding hydrogens is 449 g/mol. The van der Waals surface area contributed by atoms with E-state index in [-0.39, 0.29) is 30.5 Å². The zero-order chi connectivity index (χ0) is 24.1. The van der Waals surface area contributed by atoms with E-state index in [0.29, 0.717) is 19.2 Å². The minimum atomic E-state index is -4.92. The highest BCUT2D eigenvalue weighted by Gasteiger charge is 2.41. The smallest absolute Gasteiger partial charge is 0.405 e. The first-order chi connectivity index (χ1) is 15.6. The molecular formula is C22H22F5N3O3. The van der Waals surface area contributed by atoms with Crippen LogP contribution in [-0.2, 0) is 22.6 Å². The van der Waals surface area contributed by atoms with Crippen molar-refractivity contribution in [1.82, 2.24) is 16.0 Å². The number of rotatable bonds is 7. The van der Waals surface area contributed by atoms with Crippen molar-refractivity contribution in [3.8, 4) is 5.75 Å². The molecule has 0 spiro atoms. The summed E-state index contributed by atoms with van der Waals surface area (Å²) < 4.78 is 68.9. The lowest BCUT2D eigenvalue weighted by atomic mass is 9.86. The first-order valence-electron chi connectivity index (χ1n) is 10.2. The van der Waals surface area contributed by atoms with Gasteiger partial charge in [-0.05, 0) is 38.1 Å². The first kappa shape index (κ1) is 24.4. The fourth-order valence-corrected chi connectivity index (χ4v) is 3.63. The number of hydrogen-bond acceptors (Lipinski definition) is 4. The van der Waals surface area contributed by atoms with E-state index in [4.69, 9.17) is 0 Å². The van der Waals surface area contributed by atoms with Crippen molar-refractivity contribution in [2.24, 2.45) is 0 Å². The summed E-state index contributed by atoms with van der Waals surface area (Å²) in [5, 5.41) is 8.28. The number of nitrogens with one attached hydrogen (secondary N) is 3. The number of alkyl halides is 3. The summed E-state index contributed by atoms with van der Waals surface area (Å²) in [6.07, 6.45) is -4.92. The Morgan fingerprint density at radius 2 is 1.73 bits per heavy atom. The number of para-hydroxylation sites is 1. The van der Waals surface area contributed by atoms with Crippen molar-refractivity contribution >= 4 is 11.8 Å². The van der Waals surface area contributed by atoms with Crippen LogP contribution in [0, 0.1) is 11.6 Å². The molecule has 3 N–H and O–H groups in total. The van der Waals surface area contributed by atoms with Crippen LogP contribution >= 0.6 is 0 Å². The number of amides is 2. The maximum atomic E-state index is 13.9. The topological polar surface area (TPSA) is 79.5 Å². The van der Waals surface area contributed by atoms with Gasteiger partial charge in [0.1, 0.15) is 22.9 Å². The van der Waals surface area contributed by atoms with E-state index in [0.717, 1.165) is 12.1 Å². The zero-order valence-electron chi connectivity index (χ0n) is 17.4. The summed E-state index contributed by atoms with van der Waals surface area (Å²) in [4.78, 5) is 25.7. The number of carbonyl (C=O) groups excluding carboxylic acids is 2. The third-order valence-corrected chi connectivity index (χ3v) is 5.27. The molecule has 178 valence electrons. The van der Waals surface area contributed by atoms with E-state index in [1.165, 1.54) is 24.3 Å². The number of halogens is 5. The second kappa shape index (κ2) is 10.2. The first-order valence-corrected chi connectivity index (χ1v) is 10.2. The SMILES string of the molecule is O=C(Cc1ccccc1OC(F)(F)F)NC1(C(=O)NCc2ccc(F)cc2F)CCNCC1. The molecule has 6 nitrogen and oxygen atoms in total. The molecule has 33 heavy (non-hydrogen) atoms. The van der Waals surface area contributed by atoms with E-state index in [1.807, 2.05) is 0 Å². The molecule has 1 heterocycles. The maximum Gasteiger partial charge on any atom is 0.573 e. The third-order valence-electron chi connectivity index (χ3n) is 5.27. The van der Waals surface area contributed by atoms with Gasteiger partial charge in [0.15, 0.2) is 0 Å². The molecule has 0 atom stereocenters. The quantitative estimate of drug-likeness (QED) is 0.543. The summed E-state index contributed by atoms with van der Waals surface area (Å²) in [5.74, 6) is -3.31. The van der Waals surface area contributed by atoms with Crippen molar-refractivity contribution in [2.45, 2.75) is 37.7 Å². The van der Waals surface area contributed by atoms with Crippen LogP contribution < -0.4 is 20.7 Å². The van der Waals surface area contributed by atoms with Crippen molar-refractivity contribution in [3.05, 3.63) is 65.2 Å². The lowest BCUT2D eigenvalue weighted by Crippen LogP contribution is -2.63. The Balaban J connectivity index is 1.71. The molecule has 0 bridgehead atoms. The van der Waals surface area contributed by atoms with Gasteiger partial charge in [-0.2, -0.15) is 0 Å². The fraction of sp³-hybridized carbons (Fsp3) is 0.364. The van der Waals surface area contributed by atoms with Gasteiger partial charge in [-0.15, -0.1) is 13.2 Å². The van der Waals surface area contributed by atoms with E-state index in [9.17, 15) is 31.5 Å². The van der Waals surface area contributed by atoms with Gasteiger partial charge in [0.25, 0.3) is 0 Å². The fourth-order valence-electron chi connectivity index (χ4n) is 3.63. The molecule has 0 saturated carbocycles. The third kappa shape index (κ3) is 6.64. The maximum absolute atomic E-state index is 13.9. The molecule has 0 aromatic heterocycles. The molecule has 1 fully saturated rings. The minimum Gasteiger partial charge on any atom is -0.405 e. The standard InChI is InChI=1S/C22H22F5N3O3/c23-16-6-5-15(17(24)12-16)13-29-20(32)21(7-9-28-10-8-21)30-19(31)11-14-3-1-2-4-18(14)33-22(25,26)27/h1-6,12,28H,7-11,13H2,(H,29,32)(H,30,31). The monoisotopic (exact) mass is 471 g/mol. The van der Waals surface area contributed by atoms with Crippen molar-refractivity contribution in [1.29, 1.82) is 0 Å². The van der Waals surface area contributed by atoms with Gasteiger partial charge in [0.2, 0.25) is 11.8 Å². The summed E-state index contributed by atoms with van der Waals surface area (Å²) >= 11 is 0. The molecule has 2 amide bonds. The molecule has 3 rings (SSSR count). The van der Waals surface area contributed by atoms with Gasteiger partial charge in [-0.1, -0.05) is 24.3 Å². The molecule has 0 unspecified atom stereocenters. The summed E-state index contributed by atoms with van der Waals surface area (Å²) in [6, 6.07) is 8.20. The Morgan fingerprint density at radius 3 is 2.39 bits per heavy atom. The van der Waals surface area contributed by atoms with E-state index < -0.39 is 47.5 Å². The normalized spacial score (nSPS) is 15.5. The number of hydrogen-bond donors (Lipinski definition) is 3. The Morgan fingerprint density at radius 1 is 1.03 bits per heavy atom. The highest BCUT2D eigenvalue weighted by molar-refractivity contribution is 5.92. The number of piperidine rings is 1. The van der Waals surface area contributed by atoms with Crippen molar-refractivity contribution in [3.63, 3.8) is 0 Å². The van der Waals surface area contributed by atoms with E-state index in [1.54, 1.807) is 0 Å². The van der Waals surface area contributed by atoms with Gasteiger partial charge >= 0.3 is 6.36 Å². The van der Waals surface area contributed by atoms with E-state index >= 15 is 0 Å². The Labute approximate surface area is 186 Å². The highest BCUT2D eigenvalue weighted by Crippen LogP contribution is 2.27. The van der Waals surface area contributed by atoms with Crippen LogP contribution in [0.5, 0.6) is 5.75 Å². The number of ether oxygens (including phenoxy) is 1. The largest absolute Gasteiger partial charge is 0.573 e. The predicted molar refractivity (Wildman–Crippen MR) is 108 cm³/mol. The zero-order valence-corrected chi connectivity index (χ0v) is 17.4. The number of carbonyl (C=O) groups is 2. The number of benzene rings is 2. The Kier molecular flexibility index (Phi) is 7.52. The van der Waals surface area contributed by atoms with Gasteiger partial charge in [-0.25, -0.2) is 8.78 Å². The minimum absolute atomic E-state index is 0.00482. The second-order valence-electron chi connectivity index (χ2n) is 7.63. The van der Waals surface area contributed by atoms with Gasteiger partial charge < -0.3 is 20.7 Å². The Bertz CT molecular complexity index is 1010. The average molecular weight is 471 g/mol. The summed E-state index contributed by atoms with van der Waals surface area (Å²) in [7, 11) is 0. The van der Waals surface area contributed by atoms with Crippen LogP contribution in [0.3, 0.4) is 0 Å². The van der Waals surface area contributed by atoms with E-state index in [2.05, 4.69) is 20.7 Å². The predicted octanol–water partition coefficient (Wildman–Crippen LogP) is 2.96. The summed E-state index contributed by atoms with van der Waals surface area (Å²) in [6.45, 7) is 0.594. The average Bonchev–Trinajstić information content (AvgIpc) is 2.74. The van der Waals surface area contributed by atoms with Crippen molar-refractivity contribution in [2.75, 3.05) is 13.1 Å². The molecule has 2 aromatic rings. The Hall–Kier alpha value is -3.21. The molecule has 1 aliphatic rings. The molecule has 1 aliphatic heterocycles. The van der Waals surface area contributed by atoms with Gasteiger partial charge in [0.05, 0.1) is 6.42 Å². The van der Waals surface area contributed by atoms with Crippen LogP contribution in [0.25, 0.3) is 0 Å². The van der Waals surface area contributed by atoms with Crippen LogP contribution in [0.2, 0.25) is 0 Å². The van der Waals surface area contributed by atoms with Crippen LogP contribution in [0.15, 0.2) is 42.5 Å². The second-order valence-corrected chi connectivity index (χ2v) is 7.63. The van der Waals surface area contributed by atoms with Gasteiger partial charge in [0, 0.05) is 23.7 Å². The molecule has 2 aromatic carbocycles. The lowest BCUT2D eigenvalue weighted by Gasteiger charge is -2.37. The van der Waals surface area contributed by atoms with Crippen LogP contribution in [-0.4, -0.2) is 36.8 Å². The van der Waals surface area contributed by atoms with Crippen molar-refractivity contribution < 1.29 is 36.3 Å². The molecule has 0 radical (unpaired) electrons. The van der Waals surface area contributed by atoms with Gasteiger partial charge in [-0.3, -0.25) is 9.59 Å². The molecule has 1 saturated heterocycles.